The number of aromatic nitrogens is 1. The van der Waals surface area contributed by atoms with E-state index < -0.39 is 10.0 Å². The standard InChI is InChI=1S/C9H15BrN2O3S/c1-6(10)4-5-11-16(13,14)9-7(2)12-15-8(9)3/h6,11H,4-5H2,1-3H3. The first-order chi connectivity index (χ1) is 7.34. The molecule has 16 heavy (non-hydrogen) atoms. The molecule has 0 bridgehead atoms. The number of aryl methyl sites for hydroxylation is 2. The zero-order chi connectivity index (χ0) is 12.3. The zero-order valence-electron chi connectivity index (χ0n) is 9.45. The number of hydrogen-bond donors (Lipinski definition) is 1. The Balaban J connectivity index is 2.79. The van der Waals surface area contributed by atoms with Crippen molar-refractivity contribution < 1.29 is 12.9 Å². The van der Waals surface area contributed by atoms with Gasteiger partial charge in [0.1, 0.15) is 10.6 Å². The molecule has 7 heteroatoms. The fourth-order valence-electron chi connectivity index (χ4n) is 1.32. The van der Waals surface area contributed by atoms with Crippen molar-refractivity contribution in [2.24, 2.45) is 0 Å². The van der Waals surface area contributed by atoms with E-state index in [1.165, 1.54) is 0 Å². The predicted molar refractivity (Wildman–Crippen MR) is 64.2 cm³/mol. The molecule has 0 radical (unpaired) electrons. The molecule has 0 saturated carbocycles. The molecule has 0 fully saturated rings. The Labute approximate surface area is 104 Å². The van der Waals surface area contributed by atoms with Gasteiger partial charge in [-0.2, -0.15) is 0 Å². The van der Waals surface area contributed by atoms with Crippen LogP contribution < -0.4 is 4.72 Å². The summed E-state index contributed by atoms with van der Waals surface area (Å²) in [4.78, 5) is 0.426. The molecule has 0 aliphatic carbocycles. The average molecular weight is 311 g/mol. The minimum atomic E-state index is -3.50. The monoisotopic (exact) mass is 310 g/mol. The van der Waals surface area contributed by atoms with Gasteiger partial charge in [0.25, 0.3) is 0 Å². The number of nitrogens with one attached hydrogen (secondary N) is 1. The van der Waals surface area contributed by atoms with Crippen LogP contribution in [-0.2, 0) is 10.0 Å². The van der Waals surface area contributed by atoms with Gasteiger partial charge < -0.3 is 4.52 Å². The van der Waals surface area contributed by atoms with E-state index in [1.54, 1.807) is 13.8 Å². The maximum absolute atomic E-state index is 11.9. The molecule has 1 aromatic heterocycles. The van der Waals surface area contributed by atoms with Gasteiger partial charge in [-0.05, 0) is 20.3 Å². The molecule has 0 aromatic carbocycles. The van der Waals surface area contributed by atoms with Crippen LogP contribution in [-0.4, -0.2) is 24.9 Å². The van der Waals surface area contributed by atoms with Crippen molar-refractivity contribution in [1.29, 1.82) is 0 Å². The highest BCUT2D eigenvalue weighted by Crippen LogP contribution is 2.18. The van der Waals surface area contributed by atoms with Crippen molar-refractivity contribution in [2.45, 2.75) is 36.9 Å². The molecule has 1 N–H and O–H groups in total. The van der Waals surface area contributed by atoms with Gasteiger partial charge in [0.2, 0.25) is 10.0 Å². The largest absolute Gasteiger partial charge is 0.360 e. The number of nitrogens with zero attached hydrogens (tertiary/aromatic N) is 1. The van der Waals surface area contributed by atoms with Gasteiger partial charge in [-0.25, -0.2) is 13.1 Å². The van der Waals surface area contributed by atoms with Crippen molar-refractivity contribution in [3.63, 3.8) is 0 Å². The van der Waals surface area contributed by atoms with Crippen LogP contribution in [0, 0.1) is 13.8 Å². The number of halogens is 1. The molecule has 0 amide bonds. The minimum Gasteiger partial charge on any atom is -0.360 e. The molecule has 0 aliphatic heterocycles. The normalized spacial score (nSPS) is 14.0. The summed E-state index contributed by atoms with van der Waals surface area (Å²) in [6.07, 6.45) is 0.725. The predicted octanol–water partition coefficient (Wildman–Crippen LogP) is 1.74. The minimum absolute atomic E-state index is 0.148. The Bertz CT molecular complexity index is 434. The fraction of sp³-hybridized carbons (Fsp3) is 0.667. The molecule has 1 rings (SSSR count). The number of hydrogen-bond acceptors (Lipinski definition) is 4. The third-order valence-electron chi connectivity index (χ3n) is 2.07. The summed E-state index contributed by atoms with van der Waals surface area (Å²) in [6.45, 7) is 5.54. The Hall–Kier alpha value is -0.400. The van der Waals surface area contributed by atoms with E-state index in [0.717, 1.165) is 6.42 Å². The smallest absolute Gasteiger partial charge is 0.245 e. The lowest BCUT2D eigenvalue weighted by Crippen LogP contribution is -2.26. The third-order valence-corrected chi connectivity index (χ3v) is 4.23. The van der Waals surface area contributed by atoms with Gasteiger partial charge in [0, 0.05) is 11.4 Å². The lowest BCUT2D eigenvalue weighted by Gasteiger charge is -2.06. The first-order valence-corrected chi connectivity index (χ1v) is 7.31. The Morgan fingerprint density at radius 2 is 2.12 bits per heavy atom. The van der Waals surface area contributed by atoms with Crippen molar-refractivity contribution >= 4 is 26.0 Å². The molecule has 0 saturated heterocycles. The van der Waals surface area contributed by atoms with Crippen molar-refractivity contribution in [3.05, 3.63) is 11.5 Å². The van der Waals surface area contributed by atoms with Crippen LogP contribution in [0.1, 0.15) is 24.8 Å². The van der Waals surface area contributed by atoms with E-state index in [1.807, 2.05) is 6.92 Å². The lowest BCUT2D eigenvalue weighted by atomic mass is 10.3. The van der Waals surface area contributed by atoms with Crippen molar-refractivity contribution in [1.82, 2.24) is 9.88 Å². The van der Waals surface area contributed by atoms with Crippen LogP contribution in [0.15, 0.2) is 9.42 Å². The maximum Gasteiger partial charge on any atom is 0.245 e. The Morgan fingerprint density at radius 3 is 2.56 bits per heavy atom. The lowest BCUT2D eigenvalue weighted by molar-refractivity contribution is 0.390. The molecule has 1 heterocycles. The molecule has 1 aromatic rings. The average Bonchev–Trinajstić information content (AvgIpc) is 2.45. The molecular weight excluding hydrogens is 296 g/mol. The van der Waals surface area contributed by atoms with Crippen molar-refractivity contribution in [2.75, 3.05) is 6.54 Å². The van der Waals surface area contributed by atoms with Crippen molar-refractivity contribution in [3.8, 4) is 0 Å². The van der Waals surface area contributed by atoms with Crippen LogP contribution in [0.4, 0.5) is 0 Å². The molecule has 0 spiro atoms. The highest BCUT2D eigenvalue weighted by Gasteiger charge is 2.23. The second-order valence-corrected chi connectivity index (χ2v) is 6.89. The molecule has 0 aliphatic rings. The first-order valence-electron chi connectivity index (χ1n) is 4.91. The number of sulfonamides is 1. The topological polar surface area (TPSA) is 72.2 Å². The van der Waals surface area contributed by atoms with E-state index in [4.69, 9.17) is 4.52 Å². The number of rotatable bonds is 5. The van der Waals surface area contributed by atoms with E-state index in [0.29, 0.717) is 18.0 Å². The summed E-state index contributed by atoms with van der Waals surface area (Å²) in [7, 11) is -3.50. The third kappa shape index (κ3) is 3.29. The summed E-state index contributed by atoms with van der Waals surface area (Å²) >= 11 is 3.35. The number of alkyl halides is 1. The summed E-state index contributed by atoms with van der Waals surface area (Å²) in [5.41, 5.74) is 0.386. The Kier molecular flexibility index (Phi) is 4.52. The van der Waals surface area contributed by atoms with Gasteiger partial charge in [-0.3, -0.25) is 0 Å². The van der Waals surface area contributed by atoms with E-state index in [-0.39, 0.29) is 9.72 Å². The van der Waals surface area contributed by atoms with Gasteiger partial charge >= 0.3 is 0 Å². The molecular formula is C9H15BrN2O3S. The van der Waals surface area contributed by atoms with Gasteiger partial charge in [-0.1, -0.05) is 28.0 Å². The van der Waals surface area contributed by atoms with Crippen LogP contribution in [0.2, 0.25) is 0 Å². The SMILES string of the molecule is Cc1noc(C)c1S(=O)(=O)NCCC(C)Br. The molecule has 1 unspecified atom stereocenters. The van der Waals surface area contributed by atoms with Crippen LogP contribution in [0.3, 0.4) is 0 Å². The first kappa shape index (κ1) is 13.7. The van der Waals surface area contributed by atoms with Gasteiger partial charge in [-0.15, -0.1) is 0 Å². The zero-order valence-corrected chi connectivity index (χ0v) is 11.9. The van der Waals surface area contributed by atoms with Crippen LogP contribution in [0.5, 0.6) is 0 Å². The quantitative estimate of drug-likeness (QED) is 0.841. The fourth-order valence-corrected chi connectivity index (χ4v) is 2.92. The van der Waals surface area contributed by atoms with E-state index in [2.05, 4.69) is 25.8 Å². The van der Waals surface area contributed by atoms with Gasteiger partial charge in [0.05, 0.1) is 0 Å². The molecule has 1 atom stereocenters. The maximum atomic E-state index is 11.9. The second kappa shape index (κ2) is 5.29. The second-order valence-electron chi connectivity index (χ2n) is 3.62. The summed E-state index contributed by atoms with van der Waals surface area (Å²) < 4.78 is 31.1. The molecule has 5 nitrogen and oxygen atoms in total. The van der Waals surface area contributed by atoms with E-state index in [9.17, 15) is 8.42 Å². The van der Waals surface area contributed by atoms with Crippen LogP contribution in [0.25, 0.3) is 0 Å². The van der Waals surface area contributed by atoms with Gasteiger partial charge in [0.15, 0.2) is 5.76 Å². The Morgan fingerprint density at radius 1 is 1.50 bits per heavy atom. The highest BCUT2D eigenvalue weighted by atomic mass is 79.9. The summed E-state index contributed by atoms with van der Waals surface area (Å²) in [6, 6.07) is 0. The van der Waals surface area contributed by atoms with Crippen LogP contribution >= 0.6 is 15.9 Å². The highest BCUT2D eigenvalue weighted by molar-refractivity contribution is 9.09. The summed E-state index contributed by atoms with van der Waals surface area (Å²) in [5, 5.41) is 3.62. The van der Waals surface area contributed by atoms with E-state index >= 15 is 0 Å². The summed E-state index contributed by atoms with van der Waals surface area (Å²) in [5.74, 6) is 0.317. The molecule has 92 valence electrons.